The van der Waals surface area contributed by atoms with Crippen molar-refractivity contribution in [3.05, 3.63) is 96.2 Å². The van der Waals surface area contributed by atoms with E-state index in [0.29, 0.717) is 19.5 Å². The minimum absolute atomic E-state index is 0.00452. The molecule has 366 valence electrons. The number of nitrogens with zero attached hydrogens (tertiary/aromatic N) is 1. The lowest BCUT2D eigenvalue weighted by Crippen LogP contribution is -2.71. The lowest BCUT2D eigenvalue weighted by Gasteiger charge is -2.72. The fourth-order valence-corrected chi connectivity index (χ4v) is 13.6. The smallest absolute Gasteiger partial charge is 0.226 e. The number of nitrogens with one attached hydrogen (secondary N) is 2. The number of Topliss-reactive ketones (excluding diaryl/α,β-unsaturated/α-hetero) is 1. The van der Waals surface area contributed by atoms with Crippen LogP contribution in [0.25, 0.3) is 0 Å². The van der Waals surface area contributed by atoms with Gasteiger partial charge in [0.15, 0.2) is 11.6 Å². The van der Waals surface area contributed by atoms with Gasteiger partial charge in [0.1, 0.15) is 6.07 Å². The van der Waals surface area contributed by atoms with Gasteiger partial charge >= 0.3 is 0 Å². The van der Waals surface area contributed by atoms with E-state index in [2.05, 4.69) is 138 Å². The van der Waals surface area contributed by atoms with Crippen LogP contribution in [0.2, 0.25) is 0 Å². The number of unbranched alkanes of at least 4 members (excludes halogenated alkanes) is 3. The van der Waals surface area contributed by atoms with E-state index in [1.54, 1.807) is 0 Å². The Morgan fingerprint density at radius 3 is 1.79 bits per heavy atom. The highest BCUT2D eigenvalue weighted by Crippen LogP contribution is 2.78. The molecule has 0 aliphatic heterocycles. The van der Waals surface area contributed by atoms with Gasteiger partial charge in [-0.2, -0.15) is 5.26 Å². The fraction of sp³-hybridized carbons (Fsp3) is 0.650. The molecule has 7 heteroatoms. The minimum Gasteiger partial charge on any atom is -0.356 e. The van der Waals surface area contributed by atoms with Crippen molar-refractivity contribution in [1.29, 1.82) is 5.26 Å². The first kappa shape index (κ1) is 53.6. The molecule has 0 aromatic rings. The molecule has 7 atom stereocenters. The predicted octanol–water partition coefficient (Wildman–Crippen LogP) is 13.9. The molecule has 5 rings (SSSR count). The quantitative estimate of drug-likeness (QED) is 0.0829. The van der Waals surface area contributed by atoms with E-state index in [-0.39, 0.29) is 51.6 Å². The van der Waals surface area contributed by atoms with Crippen LogP contribution in [0.15, 0.2) is 96.2 Å². The highest BCUT2D eigenvalue weighted by Gasteiger charge is 2.75. The molecule has 2 amide bonds. The molecule has 5 aliphatic carbocycles. The lowest BCUT2D eigenvalue weighted by molar-refractivity contribution is -0.207. The summed E-state index contributed by atoms with van der Waals surface area (Å²) in [5, 5.41) is 16.6. The van der Waals surface area contributed by atoms with Gasteiger partial charge in [-0.1, -0.05) is 160 Å². The van der Waals surface area contributed by atoms with Crippen molar-refractivity contribution >= 4 is 23.4 Å². The molecule has 5 aliphatic rings. The Bertz CT molecular complexity index is 2090. The largest absolute Gasteiger partial charge is 0.356 e. The van der Waals surface area contributed by atoms with Crippen LogP contribution < -0.4 is 10.6 Å². The van der Waals surface area contributed by atoms with Crippen molar-refractivity contribution in [1.82, 2.24) is 10.6 Å². The van der Waals surface area contributed by atoms with E-state index in [9.17, 15) is 19.6 Å². The second kappa shape index (κ2) is 22.9. The van der Waals surface area contributed by atoms with Crippen LogP contribution in [-0.4, -0.2) is 36.5 Å². The maximum Gasteiger partial charge on any atom is 0.226 e. The first-order chi connectivity index (χ1) is 31.8. The van der Waals surface area contributed by atoms with Gasteiger partial charge in [0.2, 0.25) is 11.8 Å². The van der Waals surface area contributed by atoms with Crippen LogP contribution in [-0.2, 0) is 19.2 Å². The van der Waals surface area contributed by atoms with Gasteiger partial charge in [-0.15, -0.1) is 0 Å². The summed E-state index contributed by atoms with van der Waals surface area (Å²) in [5.41, 5.74) is -2.10. The zero-order valence-corrected chi connectivity index (χ0v) is 43.2. The van der Waals surface area contributed by atoms with Crippen molar-refractivity contribution in [2.45, 2.75) is 184 Å². The summed E-state index contributed by atoms with van der Waals surface area (Å²) in [7, 11) is 0. The van der Waals surface area contributed by atoms with Crippen LogP contribution in [0.1, 0.15) is 184 Å². The Kier molecular flexibility index (Phi) is 18.3. The Balaban J connectivity index is 1.04. The summed E-state index contributed by atoms with van der Waals surface area (Å²) in [4.78, 5) is 55.8. The van der Waals surface area contributed by atoms with E-state index in [1.165, 1.54) is 0 Å². The summed E-state index contributed by atoms with van der Waals surface area (Å²) in [6.07, 6.45) is 46.7. The summed E-state index contributed by atoms with van der Waals surface area (Å²) in [5.74, 6) is 0.125. The first-order valence-corrected chi connectivity index (χ1v) is 26.2. The second-order valence-corrected chi connectivity index (χ2v) is 22.9. The van der Waals surface area contributed by atoms with Crippen molar-refractivity contribution in [3.63, 3.8) is 0 Å². The molecule has 0 aromatic heterocycles. The monoisotopic (exact) mass is 914 g/mol. The minimum atomic E-state index is -0.749. The molecule has 3 saturated carbocycles. The lowest BCUT2D eigenvalue weighted by atomic mass is 9.30. The highest BCUT2D eigenvalue weighted by atomic mass is 16.2. The fourth-order valence-electron chi connectivity index (χ4n) is 13.6. The van der Waals surface area contributed by atoms with E-state index in [0.717, 1.165) is 121 Å². The van der Waals surface area contributed by atoms with Crippen molar-refractivity contribution in [3.8, 4) is 6.07 Å². The number of carbonyl (C=O) groups is 4. The van der Waals surface area contributed by atoms with Gasteiger partial charge in [0.05, 0.1) is 11.0 Å². The number of nitriles is 1. The number of hydrogen-bond acceptors (Lipinski definition) is 5. The number of fused-ring (bicyclic) bond motifs is 7. The summed E-state index contributed by atoms with van der Waals surface area (Å²) in [6.45, 7) is 21.1. The molecular weight excluding hydrogens is 827 g/mol. The van der Waals surface area contributed by atoms with Crippen LogP contribution in [0.4, 0.5) is 0 Å². The number of ketones is 2. The average molecular weight is 914 g/mol. The Labute approximate surface area is 406 Å². The third kappa shape index (κ3) is 11.3. The van der Waals surface area contributed by atoms with Gasteiger partial charge in [-0.3, -0.25) is 19.2 Å². The highest BCUT2D eigenvalue weighted by molar-refractivity contribution is 6.05. The van der Waals surface area contributed by atoms with Crippen molar-refractivity contribution in [2.24, 2.45) is 49.7 Å². The van der Waals surface area contributed by atoms with E-state index < -0.39 is 27.1 Å². The van der Waals surface area contributed by atoms with Crippen LogP contribution in [0.3, 0.4) is 0 Å². The number of rotatable bonds is 22. The molecular formula is C60H87N3O4. The van der Waals surface area contributed by atoms with Crippen LogP contribution in [0.5, 0.6) is 0 Å². The normalized spacial score (nSPS) is 32.3. The predicted molar refractivity (Wildman–Crippen MR) is 275 cm³/mol. The molecule has 0 bridgehead atoms. The van der Waals surface area contributed by atoms with Gasteiger partial charge in [-0.25, -0.2) is 0 Å². The van der Waals surface area contributed by atoms with E-state index >= 15 is 4.79 Å². The molecule has 2 N–H and O–H groups in total. The van der Waals surface area contributed by atoms with Crippen molar-refractivity contribution < 1.29 is 19.2 Å². The second-order valence-electron chi connectivity index (χ2n) is 22.9. The van der Waals surface area contributed by atoms with Crippen molar-refractivity contribution in [2.75, 3.05) is 13.1 Å². The molecule has 0 saturated heterocycles. The maximum absolute atomic E-state index is 15.2. The SMILES string of the molecule is CC/C=C\C/C=C\C/C=C\C/C=C\C/C=C\C/C=C\CCC(=O)NCCCCCCNC(=O)[C@]12CCC(C)(C)C[C@H]1[C@@]1(C)C(=O)C=C3[C@@]4(C)C=C(C#N)C(=O)C(C)(C)[C@@H]4CC[C@@]3(C)[C@]1(C)CC2. The Hall–Kier alpha value is -4.31. The summed E-state index contributed by atoms with van der Waals surface area (Å²) < 4.78 is 0. The third-order valence-electron chi connectivity index (χ3n) is 18.0. The maximum atomic E-state index is 15.2. The van der Waals surface area contributed by atoms with Gasteiger partial charge in [0.25, 0.3) is 0 Å². The average Bonchev–Trinajstić information content (AvgIpc) is 3.28. The molecule has 0 heterocycles. The molecule has 0 unspecified atom stereocenters. The van der Waals surface area contributed by atoms with E-state index in [1.807, 2.05) is 26.0 Å². The molecule has 0 radical (unpaired) electrons. The first-order valence-electron chi connectivity index (χ1n) is 26.2. The zero-order chi connectivity index (χ0) is 49.0. The molecule has 3 fully saturated rings. The number of hydrogen-bond donors (Lipinski definition) is 2. The molecule has 67 heavy (non-hydrogen) atoms. The third-order valence-corrected chi connectivity index (χ3v) is 18.0. The number of allylic oxidation sites excluding steroid dienone is 16. The number of amides is 2. The van der Waals surface area contributed by atoms with E-state index in [4.69, 9.17) is 0 Å². The molecule has 0 aromatic carbocycles. The van der Waals surface area contributed by atoms with Crippen LogP contribution >= 0.6 is 0 Å². The van der Waals surface area contributed by atoms with Gasteiger partial charge in [0, 0.05) is 35.8 Å². The number of carbonyl (C=O) groups excluding carboxylic acids is 4. The van der Waals surface area contributed by atoms with Gasteiger partial charge in [-0.05, 0) is 137 Å². The standard InChI is InChI=1S/C60H87N3O4/c1-10-11-12-13-14-15-16-17-18-19-20-21-22-23-24-25-26-27-30-33-51(65)62-40-31-28-29-32-41-63-53(67)60-38-36-54(2,3)44-49(60)59(9)50(64)42-48-56(6)43-46(45-61)52(66)55(4,5)47(56)34-35-57(48,7)58(59,8)37-39-60/h11-12,14-15,17-18,20-21,23-24,26-27,42-43,47,49H,10,13,16,19,22,25,28-41,44H2,1-9H3,(H,62,65)(H,63,67)/b12-11-,15-14-,18-17-,21-20-,24-23-,27-26-/t47-,49-,56-,57+,58-,59-,60-/m0/s1. The summed E-state index contributed by atoms with van der Waals surface area (Å²) >= 11 is 0. The van der Waals surface area contributed by atoms with Crippen LogP contribution in [0, 0.1) is 61.1 Å². The Morgan fingerprint density at radius 2 is 1.22 bits per heavy atom. The molecule has 0 spiro atoms. The summed E-state index contributed by atoms with van der Waals surface area (Å²) in [6, 6.07) is 2.22. The molecule has 7 nitrogen and oxygen atoms in total. The zero-order valence-electron chi connectivity index (χ0n) is 43.2. The topological polar surface area (TPSA) is 116 Å². The van der Waals surface area contributed by atoms with Gasteiger partial charge < -0.3 is 10.6 Å². The Morgan fingerprint density at radius 1 is 0.687 bits per heavy atom.